The van der Waals surface area contributed by atoms with Gasteiger partial charge in [-0.1, -0.05) is 48.5 Å². The summed E-state index contributed by atoms with van der Waals surface area (Å²) in [5, 5.41) is 15.3. The molecule has 0 saturated heterocycles. The van der Waals surface area contributed by atoms with Crippen LogP contribution in [0.3, 0.4) is 0 Å². The molecule has 5 heteroatoms. The van der Waals surface area contributed by atoms with Crippen molar-refractivity contribution in [2.75, 3.05) is 0 Å². The molecule has 0 atom stereocenters. The van der Waals surface area contributed by atoms with E-state index in [-0.39, 0.29) is 5.91 Å². The van der Waals surface area contributed by atoms with Crippen molar-refractivity contribution < 1.29 is 4.79 Å². The van der Waals surface area contributed by atoms with Gasteiger partial charge < -0.3 is 0 Å². The number of aromatic amines is 1. The van der Waals surface area contributed by atoms with Gasteiger partial charge in [0, 0.05) is 11.3 Å². The summed E-state index contributed by atoms with van der Waals surface area (Å²) in [5.41, 5.74) is 4.66. The topological polar surface area (TPSA) is 70.1 Å². The summed E-state index contributed by atoms with van der Waals surface area (Å²) >= 11 is 0. The lowest BCUT2D eigenvalue weighted by molar-refractivity contribution is 0.0950. The Balaban J connectivity index is 1.73. The van der Waals surface area contributed by atoms with Crippen molar-refractivity contribution in [1.29, 1.82) is 0 Å². The smallest absolute Gasteiger partial charge is 0.282 e. The second-order valence-electron chi connectivity index (χ2n) is 5.87. The molecule has 0 radical (unpaired) electrons. The van der Waals surface area contributed by atoms with Crippen molar-refractivity contribution in [3.05, 3.63) is 77.6 Å². The van der Waals surface area contributed by atoms with Crippen molar-refractivity contribution in [1.82, 2.24) is 15.6 Å². The number of hydrogen-bond donors (Lipinski definition) is 2. The molecule has 0 spiro atoms. The number of H-pyrrole nitrogens is 1. The number of hydrazone groups is 1. The largest absolute Gasteiger partial charge is 0.291 e. The lowest BCUT2D eigenvalue weighted by Crippen LogP contribution is -2.18. The minimum atomic E-state index is -0.342. The molecule has 0 bridgehead atoms. The summed E-state index contributed by atoms with van der Waals surface area (Å²) < 4.78 is 0. The minimum Gasteiger partial charge on any atom is -0.282 e. The van der Waals surface area contributed by atoms with Gasteiger partial charge in [-0.15, -0.1) is 0 Å². The number of nitrogens with one attached hydrogen (secondary N) is 2. The normalized spacial score (nSPS) is 11.4. The number of aryl methyl sites for hydroxylation is 1. The molecule has 1 amide bonds. The van der Waals surface area contributed by atoms with Crippen molar-refractivity contribution in [3.63, 3.8) is 0 Å². The first-order valence-corrected chi connectivity index (χ1v) is 7.98. The Labute approximate surface area is 144 Å². The first-order chi connectivity index (χ1) is 12.2. The number of carbonyl (C=O) groups excluding carboxylic acids is 1. The molecule has 1 aromatic heterocycles. The van der Waals surface area contributed by atoms with Gasteiger partial charge in [0.05, 0.1) is 6.21 Å². The molecule has 5 nitrogen and oxygen atoms in total. The maximum absolute atomic E-state index is 12.1. The fourth-order valence-corrected chi connectivity index (χ4v) is 2.94. The molecule has 25 heavy (non-hydrogen) atoms. The van der Waals surface area contributed by atoms with Crippen LogP contribution in [0.4, 0.5) is 0 Å². The van der Waals surface area contributed by atoms with E-state index < -0.39 is 0 Å². The van der Waals surface area contributed by atoms with Gasteiger partial charge in [0.25, 0.3) is 5.91 Å². The Hall–Kier alpha value is -3.47. The molecule has 3 aromatic carbocycles. The molecule has 4 aromatic rings. The molecule has 0 aliphatic heterocycles. The monoisotopic (exact) mass is 328 g/mol. The highest BCUT2D eigenvalue weighted by Crippen LogP contribution is 2.27. The molecule has 1 heterocycles. The summed E-state index contributed by atoms with van der Waals surface area (Å²) in [6.45, 7) is 1.84. The maximum Gasteiger partial charge on any atom is 0.291 e. The fraction of sp³-hybridized carbons (Fsp3) is 0.0500. The second-order valence-corrected chi connectivity index (χ2v) is 5.87. The number of rotatable bonds is 3. The van der Waals surface area contributed by atoms with Crippen LogP contribution in [0.2, 0.25) is 0 Å². The van der Waals surface area contributed by atoms with E-state index >= 15 is 0 Å². The van der Waals surface area contributed by atoms with Crippen LogP contribution in [-0.2, 0) is 0 Å². The number of amides is 1. The van der Waals surface area contributed by atoms with Crippen LogP contribution in [-0.4, -0.2) is 22.3 Å². The zero-order chi connectivity index (χ0) is 17.2. The Kier molecular flexibility index (Phi) is 3.74. The molecule has 0 aliphatic rings. The predicted molar refractivity (Wildman–Crippen MR) is 99.8 cm³/mol. The van der Waals surface area contributed by atoms with Crippen LogP contribution in [0.25, 0.3) is 21.5 Å². The molecular formula is C20H16N4O. The van der Waals surface area contributed by atoms with E-state index in [9.17, 15) is 4.79 Å². The van der Waals surface area contributed by atoms with E-state index in [4.69, 9.17) is 0 Å². The average Bonchev–Trinajstić information content (AvgIpc) is 3.07. The van der Waals surface area contributed by atoms with Crippen LogP contribution in [0.5, 0.6) is 0 Å². The van der Waals surface area contributed by atoms with E-state index in [2.05, 4.69) is 51.1 Å². The highest BCUT2D eigenvalue weighted by atomic mass is 16.2. The summed E-state index contributed by atoms with van der Waals surface area (Å²) in [4.78, 5) is 12.1. The molecule has 0 aliphatic carbocycles. The Morgan fingerprint density at radius 2 is 1.68 bits per heavy atom. The van der Waals surface area contributed by atoms with Crippen molar-refractivity contribution in [2.24, 2.45) is 5.10 Å². The predicted octanol–water partition coefficient (Wildman–Crippen LogP) is 3.79. The quantitative estimate of drug-likeness (QED) is 0.341. The van der Waals surface area contributed by atoms with Crippen LogP contribution in [0.15, 0.2) is 65.8 Å². The first kappa shape index (κ1) is 15.1. The van der Waals surface area contributed by atoms with Gasteiger partial charge in [0.1, 0.15) is 0 Å². The van der Waals surface area contributed by atoms with Gasteiger partial charge in [0.15, 0.2) is 5.69 Å². The summed E-state index contributed by atoms with van der Waals surface area (Å²) in [6, 6.07) is 20.1. The number of nitrogens with zero attached hydrogens (tertiary/aromatic N) is 2. The van der Waals surface area contributed by atoms with Crippen LogP contribution < -0.4 is 5.43 Å². The van der Waals surface area contributed by atoms with Gasteiger partial charge in [-0.05, 0) is 40.6 Å². The SMILES string of the molecule is Cc1cc(C(=O)NN=Cc2c3ccccc3cc3ccccc23)n[nH]1. The zero-order valence-corrected chi connectivity index (χ0v) is 13.7. The van der Waals surface area contributed by atoms with E-state index in [1.807, 2.05) is 31.2 Å². The van der Waals surface area contributed by atoms with Crippen LogP contribution >= 0.6 is 0 Å². The number of aromatic nitrogens is 2. The summed E-state index contributed by atoms with van der Waals surface area (Å²) in [7, 11) is 0. The number of benzene rings is 3. The molecule has 0 fully saturated rings. The van der Waals surface area contributed by atoms with Crippen LogP contribution in [0, 0.1) is 6.92 Å². The van der Waals surface area contributed by atoms with Crippen molar-refractivity contribution >= 4 is 33.7 Å². The van der Waals surface area contributed by atoms with Gasteiger partial charge in [0.2, 0.25) is 0 Å². The van der Waals surface area contributed by atoms with E-state index in [0.717, 1.165) is 32.8 Å². The molecular weight excluding hydrogens is 312 g/mol. The van der Waals surface area contributed by atoms with Gasteiger partial charge in [-0.2, -0.15) is 10.2 Å². The minimum absolute atomic E-state index is 0.317. The van der Waals surface area contributed by atoms with Gasteiger partial charge >= 0.3 is 0 Å². The highest BCUT2D eigenvalue weighted by Gasteiger charge is 2.08. The lowest BCUT2D eigenvalue weighted by atomic mass is 9.97. The van der Waals surface area contributed by atoms with E-state index in [1.54, 1.807) is 12.3 Å². The summed E-state index contributed by atoms with van der Waals surface area (Å²) in [5.74, 6) is -0.342. The molecule has 122 valence electrons. The Morgan fingerprint density at radius 3 is 2.28 bits per heavy atom. The van der Waals surface area contributed by atoms with Gasteiger partial charge in [-0.25, -0.2) is 5.43 Å². The second kappa shape index (κ2) is 6.20. The summed E-state index contributed by atoms with van der Waals surface area (Å²) in [6.07, 6.45) is 1.70. The third-order valence-corrected chi connectivity index (χ3v) is 4.11. The molecule has 2 N–H and O–H groups in total. The number of fused-ring (bicyclic) bond motifs is 2. The van der Waals surface area contributed by atoms with Crippen molar-refractivity contribution in [2.45, 2.75) is 6.92 Å². The fourth-order valence-electron chi connectivity index (χ4n) is 2.94. The lowest BCUT2D eigenvalue weighted by Gasteiger charge is -2.07. The zero-order valence-electron chi connectivity index (χ0n) is 13.7. The van der Waals surface area contributed by atoms with Crippen molar-refractivity contribution in [3.8, 4) is 0 Å². The average molecular weight is 328 g/mol. The maximum atomic E-state index is 12.1. The molecule has 4 rings (SSSR count). The van der Waals surface area contributed by atoms with E-state index in [0.29, 0.717) is 5.69 Å². The standard InChI is InChI=1S/C20H16N4O/c1-13-10-19(23-22-13)20(25)24-21-12-18-16-8-4-2-6-14(16)11-15-7-3-5-9-17(15)18/h2-12H,1H3,(H,22,23)(H,24,25). The molecule has 0 saturated carbocycles. The Morgan fingerprint density at radius 1 is 1.04 bits per heavy atom. The Bertz CT molecular complexity index is 1060. The van der Waals surface area contributed by atoms with Gasteiger partial charge in [-0.3, -0.25) is 9.89 Å². The highest BCUT2D eigenvalue weighted by molar-refractivity contribution is 6.13. The van der Waals surface area contributed by atoms with Crippen LogP contribution in [0.1, 0.15) is 21.7 Å². The molecule has 0 unspecified atom stereocenters. The number of carbonyl (C=O) groups is 1. The first-order valence-electron chi connectivity index (χ1n) is 7.98. The van der Waals surface area contributed by atoms with E-state index in [1.165, 1.54) is 0 Å². The third kappa shape index (κ3) is 2.87. The third-order valence-electron chi connectivity index (χ3n) is 4.11. The number of hydrogen-bond acceptors (Lipinski definition) is 3.